The molecular weight excluding hydrogens is 230 g/mol. The molecule has 0 spiro atoms. The van der Waals surface area contributed by atoms with Crippen LogP contribution < -0.4 is 5.32 Å². The van der Waals surface area contributed by atoms with Gasteiger partial charge in [-0.25, -0.2) is 0 Å². The summed E-state index contributed by atoms with van der Waals surface area (Å²) in [5.74, 6) is -0.351. The van der Waals surface area contributed by atoms with Crippen molar-refractivity contribution >= 4 is 5.91 Å². The van der Waals surface area contributed by atoms with E-state index in [1.54, 1.807) is 0 Å². The first-order valence-corrected chi connectivity index (χ1v) is 6.13. The molecule has 18 heavy (non-hydrogen) atoms. The molecule has 0 fully saturated rings. The summed E-state index contributed by atoms with van der Waals surface area (Å²) in [6, 6.07) is 2.01. The lowest BCUT2D eigenvalue weighted by Crippen LogP contribution is -2.31. The van der Waals surface area contributed by atoms with Gasteiger partial charge < -0.3 is 15.3 Å². The van der Waals surface area contributed by atoms with Crippen LogP contribution >= 0.6 is 0 Å². The molecule has 1 rings (SSSR count). The Morgan fingerprint density at radius 2 is 2.28 bits per heavy atom. The summed E-state index contributed by atoms with van der Waals surface area (Å²) in [5, 5.41) is 12.2. The van der Waals surface area contributed by atoms with E-state index in [-0.39, 0.29) is 17.2 Å². The van der Waals surface area contributed by atoms with Crippen molar-refractivity contribution in [3.05, 3.63) is 24.0 Å². The maximum atomic E-state index is 11.7. The van der Waals surface area contributed by atoms with E-state index in [9.17, 15) is 9.90 Å². The third kappa shape index (κ3) is 4.33. The Bertz CT molecular complexity index is 394. The highest BCUT2D eigenvalue weighted by Crippen LogP contribution is 2.13. The Balaban J connectivity index is 2.32. The summed E-state index contributed by atoms with van der Waals surface area (Å²) in [6.07, 6.45) is 3.63. The standard InChI is InChI=1S/C13H21N3O2/c1-10(2)16(3)8-4-6-15-13(18)11-5-7-14-9-12(11)17/h5,7,9-10,17H,4,6,8H2,1-3H3,(H,15,18). The average molecular weight is 251 g/mol. The van der Waals surface area contributed by atoms with Gasteiger partial charge >= 0.3 is 0 Å². The van der Waals surface area contributed by atoms with Crippen LogP contribution in [0.3, 0.4) is 0 Å². The lowest BCUT2D eigenvalue weighted by atomic mass is 10.2. The van der Waals surface area contributed by atoms with Crippen molar-refractivity contribution < 1.29 is 9.90 Å². The smallest absolute Gasteiger partial charge is 0.255 e. The number of aromatic nitrogens is 1. The van der Waals surface area contributed by atoms with E-state index >= 15 is 0 Å². The van der Waals surface area contributed by atoms with E-state index in [1.807, 2.05) is 0 Å². The van der Waals surface area contributed by atoms with Crippen molar-refractivity contribution in [3.63, 3.8) is 0 Å². The van der Waals surface area contributed by atoms with Gasteiger partial charge in [-0.2, -0.15) is 0 Å². The molecule has 1 amide bonds. The third-order valence-corrected chi connectivity index (χ3v) is 2.90. The molecule has 0 saturated carbocycles. The summed E-state index contributed by atoms with van der Waals surface area (Å²) in [7, 11) is 2.06. The number of hydrogen-bond donors (Lipinski definition) is 2. The van der Waals surface area contributed by atoms with Crippen molar-refractivity contribution in [1.82, 2.24) is 15.2 Å². The Morgan fingerprint density at radius 3 is 2.89 bits per heavy atom. The van der Waals surface area contributed by atoms with Gasteiger partial charge in [0, 0.05) is 18.8 Å². The topological polar surface area (TPSA) is 65.5 Å². The Labute approximate surface area is 108 Å². The SMILES string of the molecule is CC(C)N(C)CCCNC(=O)c1ccncc1O. The predicted molar refractivity (Wildman–Crippen MR) is 70.6 cm³/mol. The van der Waals surface area contributed by atoms with Gasteiger partial charge in [-0.05, 0) is 39.9 Å². The van der Waals surface area contributed by atoms with Gasteiger partial charge in [0.1, 0.15) is 5.75 Å². The lowest BCUT2D eigenvalue weighted by molar-refractivity contribution is 0.0949. The van der Waals surface area contributed by atoms with Crippen molar-refractivity contribution in [2.24, 2.45) is 0 Å². The second kappa shape index (κ2) is 6.96. The first kappa shape index (κ1) is 14.4. The van der Waals surface area contributed by atoms with Gasteiger partial charge in [-0.3, -0.25) is 9.78 Å². The first-order valence-electron chi connectivity index (χ1n) is 6.13. The molecule has 0 aliphatic rings. The minimum absolute atomic E-state index is 0.0886. The fourth-order valence-corrected chi connectivity index (χ4v) is 1.46. The second-order valence-corrected chi connectivity index (χ2v) is 4.58. The number of nitrogens with one attached hydrogen (secondary N) is 1. The van der Waals surface area contributed by atoms with Gasteiger partial charge in [0.25, 0.3) is 5.91 Å². The van der Waals surface area contributed by atoms with Crippen LogP contribution in [-0.4, -0.2) is 47.1 Å². The summed E-state index contributed by atoms with van der Waals surface area (Å²) in [4.78, 5) is 17.7. The van der Waals surface area contributed by atoms with E-state index in [2.05, 4.69) is 36.1 Å². The van der Waals surface area contributed by atoms with E-state index in [0.29, 0.717) is 12.6 Å². The van der Waals surface area contributed by atoms with Gasteiger partial charge in [0.2, 0.25) is 0 Å². The molecule has 0 aliphatic heterocycles. The monoisotopic (exact) mass is 251 g/mol. The molecule has 1 aromatic rings. The molecule has 5 nitrogen and oxygen atoms in total. The zero-order chi connectivity index (χ0) is 13.5. The molecule has 1 aromatic heterocycles. The summed E-state index contributed by atoms with van der Waals surface area (Å²) >= 11 is 0. The number of pyridine rings is 1. The van der Waals surface area contributed by atoms with Crippen molar-refractivity contribution in [1.29, 1.82) is 0 Å². The summed E-state index contributed by atoms with van der Waals surface area (Å²) in [5.41, 5.74) is 0.266. The highest BCUT2D eigenvalue weighted by Gasteiger charge is 2.10. The highest BCUT2D eigenvalue weighted by atomic mass is 16.3. The minimum atomic E-state index is -0.262. The normalized spacial score (nSPS) is 10.9. The van der Waals surface area contributed by atoms with E-state index in [0.717, 1.165) is 13.0 Å². The first-order chi connectivity index (χ1) is 8.52. The number of hydrogen-bond acceptors (Lipinski definition) is 4. The highest BCUT2D eigenvalue weighted by molar-refractivity contribution is 5.96. The Morgan fingerprint density at radius 1 is 1.56 bits per heavy atom. The van der Waals surface area contributed by atoms with Gasteiger partial charge in [-0.15, -0.1) is 0 Å². The van der Waals surface area contributed by atoms with Crippen LogP contribution in [-0.2, 0) is 0 Å². The molecule has 0 radical (unpaired) electrons. The summed E-state index contributed by atoms with van der Waals surface area (Å²) < 4.78 is 0. The van der Waals surface area contributed by atoms with Crippen molar-refractivity contribution in [3.8, 4) is 5.75 Å². The molecule has 0 aromatic carbocycles. The number of amides is 1. The zero-order valence-corrected chi connectivity index (χ0v) is 11.2. The Kier molecular flexibility index (Phi) is 5.58. The molecule has 1 heterocycles. The molecule has 0 saturated heterocycles. The summed E-state index contributed by atoms with van der Waals surface area (Å²) in [6.45, 7) is 5.79. The Hall–Kier alpha value is -1.62. The van der Waals surface area contributed by atoms with Gasteiger partial charge in [0.05, 0.1) is 11.8 Å². The van der Waals surface area contributed by atoms with Crippen LogP contribution in [0.15, 0.2) is 18.5 Å². The number of nitrogens with zero attached hydrogens (tertiary/aromatic N) is 2. The second-order valence-electron chi connectivity index (χ2n) is 4.58. The number of aromatic hydroxyl groups is 1. The van der Waals surface area contributed by atoms with Crippen LogP contribution in [0.2, 0.25) is 0 Å². The van der Waals surface area contributed by atoms with Crippen molar-refractivity contribution in [2.75, 3.05) is 20.1 Å². The van der Waals surface area contributed by atoms with Crippen molar-refractivity contribution in [2.45, 2.75) is 26.3 Å². The van der Waals surface area contributed by atoms with E-state index in [1.165, 1.54) is 18.5 Å². The maximum absolute atomic E-state index is 11.7. The van der Waals surface area contributed by atoms with Crippen LogP contribution in [0.4, 0.5) is 0 Å². The minimum Gasteiger partial charge on any atom is -0.505 e. The molecule has 0 unspecified atom stereocenters. The molecule has 100 valence electrons. The van der Waals surface area contributed by atoms with E-state index < -0.39 is 0 Å². The molecular formula is C13H21N3O2. The predicted octanol–water partition coefficient (Wildman–Crippen LogP) is 1.25. The average Bonchev–Trinajstić information content (AvgIpc) is 2.34. The molecule has 0 bridgehead atoms. The number of rotatable bonds is 6. The molecule has 5 heteroatoms. The van der Waals surface area contributed by atoms with Crippen LogP contribution in [0.5, 0.6) is 5.75 Å². The van der Waals surface area contributed by atoms with Gasteiger partial charge in [0.15, 0.2) is 0 Å². The zero-order valence-electron chi connectivity index (χ0n) is 11.2. The van der Waals surface area contributed by atoms with Crippen LogP contribution in [0, 0.1) is 0 Å². The largest absolute Gasteiger partial charge is 0.505 e. The molecule has 2 N–H and O–H groups in total. The molecule has 0 atom stereocenters. The van der Waals surface area contributed by atoms with E-state index in [4.69, 9.17) is 0 Å². The lowest BCUT2D eigenvalue weighted by Gasteiger charge is -2.20. The van der Waals surface area contributed by atoms with Crippen LogP contribution in [0.1, 0.15) is 30.6 Å². The maximum Gasteiger partial charge on any atom is 0.255 e. The van der Waals surface area contributed by atoms with Crippen LogP contribution in [0.25, 0.3) is 0 Å². The third-order valence-electron chi connectivity index (χ3n) is 2.90. The fraction of sp³-hybridized carbons (Fsp3) is 0.538. The fourth-order valence-electron chi connectivity index (χ4n) is 1.46. The number of carbonyl (C=O) groups is 1. The number of carbonyl (C=O) groups excluding carboxylic acids is 1. The molecule has 0 aliphatic carbocycles. The quantitative estimate of drug-likeness (QED) is 0.747. The van der Waals surface area contributed by atoms with Gasteiger partial charge in [-0.1, -0.05) is 0 Å².